The van der Waals surface area contributed by atoms with Gasteiger partial charge < -0.3 is 24.4 Å². The van der Waals surface area contributed by atoms with Crippen LogP contribution < -0.4 is 19.7 Å². The first-order valence-corrected chi connectivity index (χ1v) is 14.1. The lowest BCUT2D eigenvalue weighted by Gasteiger charge is -2.39. The van der Waals surface area contributed by atoms with Crippen molar-refractivity contribution in [2.75, 3.05) is 36.5 Å². The second-order valence-electron chi connectivity index (χ2n) is 11.6. The second kappa shape index (κ2) is 10.3. The van der Waals surface area contributed by atoms with E-state index in [4.69, 9.17) is 19.2 Å². The third-order valence-electron chi connectivity index (χ3n) is 7.32. The Labute approximate surface area is 247 Å². The molecule has 4 aromatic heterocycles. The van der Waals surface area contributed by atoms with E-state index in [0.29, 0.717) is 66.1 Å². The van der Waals surface area contributed by atoms with Crippen LogP contribution in [0.3, 0.4) is 0 Å². The Balaban J connectivity index is 1.12. The van der Waals surface area contributed by atoms with Crippen LogP contribution in [0, 0.1) is 6.92 Å². The standard InChI is InChI=1S/C30H31N9O4/c1-18-11-19(5-6-23(18)42-21-7-8-39-25(12-21)32-17-34-39)35-27-26-22(31-16-33-27)13-24-28(36-26)37-9-10-38(20(14-37)15-41-24)29(40)43-30(2,3)4/h5-8,11-13,16-17,20H,9-10,14-15H2,1-4H3,(H,31,33,35)/t20-/m0/s1. The van der Waals surface area contributed by atoms with Crippen LogP contribution in [0.15, 0.2) is 55.2 Å². The van der Waals surface area contributed by atoms with Crippen LogP contribution in [0.1, 0.15) is 26.3 Å². The quantitative estimate of drug-likeness (QED) is 0.316. The lowest BCUT2D eigenvalue weighted by atomic mass is 10.2. The lowest BCUT2D eigenvalue weighted by molar-refractivity contribution is 0.00974. The van der Waals surface area contributed by atoms with Crippen molar-refractivity contribution >= 4 is 40.1 Å². The van der Waals surface area contributed by atoms with Crippen LogP contribution in [0.4, 0.5) is 22.1 Å². The first-order chi connectivity index (χ1) is 20.7. The van der Waals surface area contributed by atoms with E-state index in [1.807, 2.05) is 70.3 Å². The van der Waals surface area contributed by atoms with Crippen molar-refractivity contribution in [1.82, 2.24) is 34.4 Å². The number of aryl methyl sites for hydroxylation is 1. The van der Waals surface area contributed by atoms with E-state index in [1.165, 1.54) is 12.7 Å². The summed E-state index contributed by atoms with van der Waals surface area (Å²) in [6.45, 7) is 9.63. The van der Waals surface area contributed by atoms with Gasteiger partial charge in [-0.05, 0) is 57.5 Å². The monoisotopic (exact) mass is 581 g/mol. The van der Waals surface area contributed by atoms with Gasteiger partial charge in [0.25, 0.3) is 0 Å². The average Bonchev–Trinajstić information content (AvgIpc) is 3.39. The molecule has 0 saturated carbocycles. The van der Waals surface area contributed by atoms with Crippen LogP contribution in [-0.2, 0) is 4.74 Å². The highest BCUT2D eigenvalue weighted by atomic mass is 16.6. The minimum absolute atomic E-state index is 0.161. The van der Waals surface area contributed by atoms with Crippen LogP contribution in [0.2, 0.25) is 0 Å². The molecule has 2 aliphatic heterocycles. The van der Waals surface area contributed by atoms with Crippen molar-refractivity contribution in [1.29, 1.82) is 0 Å². The molecule has 13 heteroatoms. The number of nitrogens with zero attached hydrogens (tertiary/aromatic N) is 8. The smallest absolute Gasteiger partial charge is 0.410 e. The highest BCUT2D eigenvalue weighted by Gasteiger charge is 2.37. The Kier molecular flexibility index (Phi) is 6.37. The average molecular weight is 582 g/mol. The van der Waals surface area contributed by atoms with Crippen LogP contribution in [0.25, 0.3) is 16.7 Å². The summed E-state index contributed by atoms with van der Waals surface area (Å²) in [5.74, 6) is 3.31. The molecular weight excluding hydrogens is 550 g/mol. The normalized spacial score (nSPS) is 16.4. The van der Waals surface area contributed by atoms with E-state index in [9.17, 15) is 4.79 Å². The van der Waals surface area contributed by atoms with Gasteiger partial charge in [-0.25, -0.2) is 29.2 Å². The number of hydrogen-bond acceptors (Lipinski definition) is 11. The van der Waals surface area contributed by atoms with E-state index in [0.717, 1.165) is 17.0 Å². The molecule has 0 unspecified atom stereocenters. The number of pyridine rings is 2. The molecule has 1 N–H and O–H groups in total. The molecule has 1 amide bonds. The SMILES string of the molecule is Cc1cc(Nc2ncnc3cc4c(nc23)N2CCN(C(=O)OC(C)(C)C)[C@H](CO4)C2)ccc1Oc1ccn2ncnc2c1. The molecule has 13 nitrogen and oxygen atoms in total. The number of rotatable bonds is 4. The predicted molar refractivity (Wildman–Crippen MR) is 159 cm³/mol. The van der Waals surface area contributed by atoms with Crippen LogP contribution in [0.5, 0.6) is 17.2 Å². The van der Waals surface area contributed by atoms with Crippen LogP contribution in [-0.4, -0.2) is 78.4 Å². The minimum Gasteiger partial charge on any atom is -0.487 e. The molecular formula is C30H31N9O4. The molecule has 6 heterocycles. The predicted octanol–water partition coefficient (Wildman–Crippen LogP) is 4.73. The van der Waals surface area contributed by atoms with Crippen molar-refractivity contribution in [2.45, 2.75) is 39.3 Å². The zero-order valence-corrected chi connectivity index (χ0v) is 24.3. The van der Waals surface area contributed by atoms with Gasteiger partial charge >= 0.3 is 6.09 Å². The van der Waals surface area contributed by atoms with Gasteiger partial charge in [-0.3, -0.25) is 4.90 Å². The molecule has 1 saturated heterocycles. The third kappa shape index (κ3) is 5.29. The molecule has 0 radical (unpaired) electrons. The fourth-order valence-corrected chi connectivity index (χ4v) is 5.28. The highest BCUT2D eigenvalue weighted by molar-refractivity contribution is 5.90. The molecule has 2 bridgehead atoms. The number of hydrogen-bond donors (Lipinski definition) is 1. The topological polar surface area (TPSA) is 132 Å². The number of carbonyl (C=O) groups excluding carboxylic acids is 1. The minimum atomic E-state index is -0.566. The Morgan fingerprint density at radius 3 is 2.79 bits per heavy atom. The van der Waals surface area contributed by atoms with Crippen molar-refractivity contribution < 1.29 is 19.0 Å². The van der Waals surface area contributed by atoms with Gasteiger partial charge in [-0.1, -0.05) is 0 Å². The Morgan fingerprint density at radius 1 is 1.07 bits per heavy atom. The van der Waals surface area contributed by atoms with Gasteiger partial charge in [0.15, 0.2) is 23.0 Å². The summed E-state index contributed by atoms with van der Waals surface area (Å²) < 4.78 is 19.6. The number of fused-ring (bicyclic) bond motifs is 6. The van der Waals surface area contributed by atoms with Crippen LogP contribution >= 0.6 is 0 Å². The van der Waals surface area contributed by atoms with E-state index >= 15 is 0 Å². The number of aromatic nitrogens is 6. The Morgan fingerprint density at radius 2 is 1.95 bits per heavy atom. The molecule has 2 aliphatic rings. The van der Waals surface area contributed by atoms with Gasteiger partial charge in [-0.15, -0.1) is 0 Å². The zero-order chi connectivity index (χ0) is 29.7. The molecule has 1 fully saturated rings. The van der Waals surface area contributed by atoms with Gasteiger partial charge in [0.05, 0.1) is 11.6 Å². The Hall–Kier alpha value is -5.20. The van der Waals surface area contributed by atoms with E-state index < -0.39 is 5.60 Å². The third-order valence-corrected chi connectivity index (χ3v) is 7.32. The summed E-state index contributed by atoms with van der Waals surface area (Å²) in [6, 6.07) is 11.2. The van der Waals surface area contributed by atoms with Crippen molar-refractivity contribution in [3.05, 3.63) is 60.8 Å². The fraction of sp³-hybridized carbons (Fsp3) is 0.333. The van der Waals surface area contributed by atoms with Gasteiger partial charge in [-0.2, -0.15) is 5.10 Å². The van der Waals surface area contributed by atoms with E-state index in [2.05, 4.69) is 30.3 Å². The van der Waals surface area contributed by atoms with E-state index in [1.54, 1.807) is 9.42 Å². The molecule has 220 valence electrons. The van der Waals surface area contributed by atoms with Gasteiger partial charge in [0, 0.05) is 43.7 Å². The molecule has 0 aliphatic carbocycles. The van der Waals surface area contributed by atoms with Crippen molar-refractivity contribution in [3.63, 3.8) is 0 Å². The molecule has 0 spiro atoms. The summed E-state index contributed by atoms with van der Waals surface area (Å²) in [5, 5.41) is 7.52. The lowest BCUT2D eigenvalue weighted by Crippen LogP contribution is -2.57. The first kappa shape index (κ1) is 26.7. The molecule has 5 aromatic rings. The molecule has 43 heavy (non-hydrogen) atoms. The largest absolute Gasteiger partial charge is 0.487 e. The van der Waals surface area contributed by atoms with Crippen molar-refractivity contribution in [2.24, 2.45) is 0 Å². The molecule has 7 rings (SSSR count). The number of piperazine rings is 1. The second-order valence-corrected chi connectivity index (χ2v) is 11.6. The molecule has 1 atom stereocenters. The molecule has 1 aromatic carbocycles. The maximum atomic E-state index is 12.9. The summed E-state index contributed by atoms with van der Waals surface area (Å²) in [4.78, 5) is 34.9. The number of anilines is 3. The number of benzene rings is 1. The number of amides is 1. The zero-order valence-electron chi connectivity index (χ0n) is 24.3. The number of nitrogens with one attached hydrogen (secondary N) is 1. The fourth-order valence-electron chi connectivity index (χ4n) is 5.28. The summed E-state index contributed by atoms with van der Waals surface area (Å²) >= 11 is 0. The van der Waals surface area contributed by atoms with Gasteiger partial charge in [0.2, 0.25) is 0 Å². The summed E-state index contributed by atoms with van der Waals surface area (Å²) in [5.41, 5.74) is 3.19. The number of carbonyl (C=O) groups is 1. The first-order valence-electron chi connectivity index (χ1n) is 14.1. The van der Waals surface area contributed by atoms with Crippen molar-refractivity contribution in [3.8, 4) is 17.2 Å². The van der Waals surface area contributed by atoms with Gasteiger partial charge in [0.1, 0.15) is 41.9 Å². The maximum absolute atomic E-state index is 12.9. The summed E-state index contributed by atoms with van der Waals surface area (Å²) in [6.07, 6.45) is 4.49. The Bertz CT molecular complexity index is 1850. The van der Waals surface area contributed by atoms with E-state index in [-0.39, 0.29) is 12.1 Å². The summed E-state index contributed by atoms with van der Waals surface area (Å²) in [7, 11) is 0. The maximum Gasteiger partial charge on any atom is 0.410 e. The highest BCUT2D eigenvalue weighted by Crippen LogP contribution is 2.36. The number of ether oxygens (including phenoxy) is 3.